The highest BCUT2D eigenvalue weighted by Crippen LogP contribution is 2.25. The fraction of sp³-hybridized carbons (Fsp3) is 0.538. The van der Waals surface area contributed by atoms with Crippen molar-refractivity contribution < 1.29 is 0 Å². The average Bonchev–Trinajstić information content (AvgIpc) is 2.80. The first-order valence-electron chi connectivity index (χ1n) is 6.46. The molecule has 1 aliphatic heterocycles. The molecule has 0 bridgehead atoms. The summed E-state index contributed by atoms with van der Waals surface area (Å²) in [7, 11) is 1.88. The summed E-state index contributed by atoms with van der Waals surface area (Å²) < 4.78 is 0. The van der Waals surface area contributed by atoms with Gasteiger partial charge in [-0.15, -0.1) is 0 Å². The van der Waals surface area contributed by atoms with E-state index in [0.717, 1.165) is 35.1 Å². The molecule has 0 aromatic carbocycles. The Morgan fingerprint density at radius 2 is 2.17 bits per heavy atom. The van der Waals surface area contributed by atoms with E-state index >= 15 is 0 Å². The molecule has 1 aliphatic rings. The topological polar surface area (TPSA) is 53.6 Å². The van der Waals surface area contributed by atoms with E-state index in [1.54, 1.807) is 0 Å². The van der Waals surface area contributed by atoms with Gasteiger partial charge in [0.15, 0.2) is 5.65 Å². The second-order valence-electron chi connectivity index (χ2n) is 4.76. The molecular formula is C13H18N4S. The van der Waals surface area contributed by atoms with Crippen LogP contribution in [-0.4, -0.2) is 33.5 Å². The van der Waals surface area contributed by atoms with E-state index in [-0.39, 0.29) is 0 Å². The number of nitrogens with zero attached hydrogens (tertiary/aromatic N) is 2. The highest BCUT2D eigenvalue weighted by molar-refractivity contribution is 7.99. The molecule has 18 heavy (non-hydrogen) atoms. The molecule has 2 aromatic heterocycles. The maximum atomic E-state index is 4.60. The highest BCUT2D eigenvalue weighted by Gasteiger charge is 2.16. The summed E-state index contributed by atoms with van der Waals surface area (Å²) in [5.41, 5.74) is 1.86. The first-order chi connectivity index (χ1) is 8.85. The Morgan fingerprint density at radius 1 is 1.33 bits per heavy atom. The fourth-order valence-corrected chi connectivity index (χ4v) is 3.61. The van der Waals surface area contributed by atoms with Gasteiger partial charge in [0, 0.05) is 13.5 Å². The van der Waals surface area contributed by atoms with Crippen LogP contribution in [0.15, 0.2) is 12.1 Å². The van der Waals surface area contributed by atoms with Crippen LogP contribution < -0.4 is 5.32 Å². The van der Waals surface area contributed by atoms with Crippen molar-refractivity contribution in [2.75, 3.05) is 23.9 Å². The van der Waals surface area contributed by atoms with Crippen molar-refractivity contribution in [3.63, 3.8) is 0 Å². The number of thioether (sulfide) groups is 1. The smallest absolute Gasteiger partial charge is 0.179 e. The van der Waals surface area contributed by atoms with Crippen LogP contribution in [0.25, 0.3) is 11.2 Å². The quantitative estimate of drug-likeness (QED) is 0.893. The van der Waals surface area contributed by atoms with E-state index in [2.05, 4.69) is 32.0 Å². The summed E-state index contributed by atoms with van der Waals surface area (Å²) in [6.07, 6.45) is 3.69. The van der Waals surface area contributed by atoms with Crippen molar-refractivity contribution in [1.29, 1.82) is 0 Å². The fourth-order valence-electron chi connectivity index (χ4n) is 2.40. The minimum absolute atomic E-state index is 0.788. The van der Waals surface area contributed by atoms with E-state index in [0.29, 0.717) is 0 Å². The second-order valence-corrected chi connectivity index (χ2v) is 5.99. The maximum Gasteiger partial charge on any atom is 0.179 e. The minimum atomic E-state index is 0.788. The molecule has 3 rings (SSSR count). The normalized spacial score (nSPS) is 17.2. The number of hydrogen-bond donors (Lipinski definition) is 2. The lowest BCUT2D eigenvalue weighted by Gasteiger charge is -2.19. The van der Waals surface area contributed by atoms with Crippen LogP contribution in [0.4, 0.5) is 5.82 Å². The maximum absolute atomic E-state index is 4.60. The molecule has 0 unspecified atom stereocenters. The van der Waals surface area contributed by atoms with Gasteiger partial charge in [0.1, 0.15) is 11.6 Å². The lowest BCUT2D eigenvalue weighted by atomic mass is 9.99. The molecule has 2 N–H and O–H groups in total. The van der Waals surface area contributed by atoms with Gasteiger partial charge in [0.05, 0.1) is 5.52 Å². The van der Waals surface area contributed by atoms with E-state index in [1.165, 1.54) is 24.3 Å². The molecule has 3 heterocycles. The van der Waals surface area contributed by atoms with Gasteiger partial charge in [-0.1, -0.05) is 0 Å². The molecule has 0 aliphatic carbocycles. The number of imidazole rings is 1. The molecule has 96 valence electrons. The number of anilines is 1. The van der Waals surface area contributed by atoms with E-state index < -0.39 is 0 Å². The van der Waals surface area contributed by atoms with Gasteiger partial charge in [-0.05, 0) is 42.4 Å². The number of hydrogen-bond acceptors (Lipinski definition) is 4. The molecular weight excluding hydrogens is 244 g/mol. The van der Waals surface area contributed by atoms with Gasteiger partial charge in [0.2, 0.25) is 0 Å². The summed E-state index contributed by atoms with van der Waals surface area (Å²) in [6.45, 7) is 0. The largest absolute Gasteiger partial charge is 0.373 e. The summed E-state index contributed by atoms with van der Waals surface area (Å²) in [5.74, 6) is 5.34. The number of pyridine rings is 1. The lowest BCUT2D eigenvalue weighted by Crippen LogP contribution is -2.12. The van der Waals surface area contributed by atoms with Crippen molar-refractivity contribution in [2.24, 2.45) is 5.92 Å². The number of fused-ring (bicyclic) bond motifs is 1. The highest BCUT2D eigenvalue weighted by atomic mass is 32.2. The SMILES string of the molecule is CNc1ccc2[nH]c(CC3CCSCC3)nc2n1. The predicted molar refractivity (Wildman–Crippen MR) is 77.2 cm³/mol. The number of nitrogens with one attached hydrogen (secondary N) is 2. The molecule has 4 nitrogen and oxygen atoms in total. The molecule has 0 atom stereocenters. The van der Waals surface area contributed by atoms with Gasteiger partial charge >= 0.3 is 0 Å². The zero-order valence-electron chi connectivity index (χ0n) is 10.6. The van der Waals surface area contributed by atoms with E-state index in [1.807, 2.05) is 19.2 Å². The lowest BCUT2D eigenvalue weighted by molar-refractivity contribution is 0.478. The van der Waals surface area contributed by atoms with Crippen LogP contribution >= 0.6 is 11.8 Å². The number of aromatic nitrogens is 3. The Morgan fingerprint density at radius 3 is 2.94 bits per heavy atom. The van der Waals surface area contributed by atoms with Crippen molar-refractivity contribution in [1.82, 2.24) is 15.0 Å². The minimum Gasteiger partial charge on any atom is -0.373 e. The first-order valence-corrected chi connectivity index (χ1v) is 7.62. The first kappa shape index (κ1) is 11.8. The van der Waals surface area contributed by atoms with Crippen LogP contribution in [0.3, 0.4) is 0 Å². The van der Waals surface area contributed by atoms with Crippen molar-refractivity contribution in [2.45, 2.75) is 19.3 Å². The third-order valence-corrected chi connectivity index (χ3v) is 4.52. The standard InChI is InChI=1S/C13H18N4S/c1-14-11-3-2-10-13(16-11)17-12(15-10)8-9-4-6-18-7-5-9/h2-3,9H,4-8H2,1H3,(H2,14,15,16,17). The molecule has 0 amide bonds. The van der Waals surface area contributed by atoms with Gasteiger partial charge in [-0.2, -0.15) is 11.8 Å². The molecule has 0 spiro atoms. The Hall–Kier alpha value is -1.23. The van der Waals surface area contributed by atoms with Gasteiger partial charge < -0.3 is 10.3 Å². The monoisotopic (exact) mass is 262 g/mol. The summed E-state index contributed by atoms with van der Waals surface area (Å²) in [6, 6.07) is 4.02. The molecule has 2 aromatic rings. The Balaban J connectivity index is 1.79. The summed E-state index contributed by atoms with van der Waals surface area (Å²) in [5, 5.41) is 3.04. The van der Waals surface area contributed by atoms with Crippen LogP contribution in [-0.2, 0) is 6.42 Å². The summed E-state index contributed by atoms with van der Waals surface area (Å²) in [4.78, 5) is 12.4. The Labute approximate surface area is 111 Å². The third-order valence-electron chi connectivity index (χ3n) is 3.47. The van der Waals surface area contributed by atoms with Crippen LogP contribution in [0, 0.1) is 5.92 Å². The van der Waals surface area contributed by atoms with Crippen molar-refractivity contribution in [3.8, 4) is 0 Å². The molecule has 1 saturated heterocycles. The number of aromatic amines is 1. The van der Waals surface area contributed by atoms with E-state index in [4.69, 9.17) is 0 Å². The third kappa shape index (κ3) is 2.46. The Bertz CT molecular complexity index is 531. The van der Waals surface area contributed by atoms with Gasteiger partial charge in [-0.3, -0.25) is 0 Å². The Kier molecular flexibility index (Phi) is 3.41. The number of H-pyrrole nitrogens is 1. The van der Waals surface area contributed by atoms with Crippen LogP contribution in [0.5, 0.6) is 0 Å². The molecule has 0 saturated carbocycles. The van der Waals surface area contributed by atoms with Crippen LogP contribution in [0.1, 0.15) is 18.7 Å². The molecule has 0 radical (unpaired) electrons. The van der Waals surface area contributed by atoms with Gasteiger partial charge in [0.25, 0.3) is 0 Å². The van der Waals surface area contributed by atoms with E-state index in [9.17, 15) is 0 Å². The van der Waals surface area contributed by atoms with Crippen LogP contribution in [0.2, 0.25) is 0 Å². The zero-order chi connectivity index (χ0) is 12.4. The number of rotatable bonds is 3. The molecule has 5 heteroatoms. The second kappa shape index (κ2) is 5.18. The van der Waals surface area contributed by atoms with Crippen molar-refractivity contribution in [3.05, 3.63) is 18.0 Å². The average molecular weight is 262 g/mol. The van der Waals surface area contributed by atoms with Gasteiger partial charge in [-0.25, -0.2) is 9.97 Å². The van der Waals surface area contributed by atoms with Crippen molar-refractivity contribution >= 4 is 28.7 Å². The predicted octanol–water partition coefficient (Wildman–Crippen LogP) is 2.69. The zero-order valence-corrected chi connectivity index (χ0v) is 11.4. The molecule has 1 fully saturated rings. The summed E-state index contributed by atoms with van der Waals surface area (Å²) >= 11 is 2.07.